The third-order valence-electron chi connectivity index (χ3n) is 2.46. The molecular formula is C13H18N6O. The van der Waals surface area contributed by atoms with Crippen LogP contribution in [0.3, 0.4) is 0 Å². The largest absolute Gasteiger partial charge is 0.333 e. The summed E-state index contributed by atoms with van der Waals surface area (Å²) in [4.78, 5) is 11.8. The molecule has 0 radical (unpaired) electrons. The highest BCUT2D eigenvalue weighted by Crippen LogP contribution is 2.14. The van der Waals surface area contributed by atoms with Crippen molar-refractivity contribution in [3.05, 3.63) is 30.1 Å². The Kier molecular flexibility index (Phi) is 3.69. The Morgan fingerprint density at radius 3 is 2.65 bits per heavy atom. The minimum absolute atomic E-state index is 0.247. The van der Waals surface area contributed by atoms with Crippen LogP contribution >= 0.6 is 0 Å². The van der Waals surface area contributed by atoms with Crippen molar-refractivity contribution >= 4 is 11.7 Å². The van der Waals surface area contributed by atoms with Gasteiger partial charge < -0.3 is 10.6 Å². The summed E-state index contributed by atoms with van der Waals surface area (Å²) in [6.45, 7) is 7.58. The molecule has 0 aliphatic heterocycles. The van der Waals surface area contributed by atoms with E-state index in [9.17, 15) is 4.79 Å². The monoisotopic (exact) mass is 274 g/mol. The Balaban J connectivity index is 2.15. The summed E-state index contributed by atoms with van der Waals surface area (Å²) in [5.41, 5.74) is 1.19. The van der Waals surface area contributed by atoms with Crippen LogP contribution in [0.4, 0.5) is 10.5 Å². The van der Waals surface area contributed by atoms with Gasteiger partial charge >= 0.3 is 6.03 Å². The van der Waals surface area contributed by atoms with Crippen LogP contribution in [0.2, 0.25) is 0 Å². The van der Waals surface area contributed by atoms with Crippen LogP contribution in [0, 0.1) is 6.92 Å². The van der Waals surface area contributed by atoms with Crippen molar-refractivity contribution in [2.24, 2.45) is 0 Å². The van der Waals surface area contributed by atoms with Gasteiger partial charge in [-0.25, -0.2) is 4.79 Å². The second kappa shape index (κ2) is 5.28. The Labute approximate surface area is 117 Å². The summed E-state index contributed by atoms with van der Waals surface area (Å²) in [7, 11) is 0. The van der Waals surface area contributed by atoms with Crippen molar-refractivity contribution in [2.75, 3.05) is 5.32 Å². The van der Waals surface area contributed by atoms with Crippen molar-refractivity contribution in [1.82, 2.24) is 25.5 Å². The van der Waals surface area contributed by atoms with Crippen LogP contribution in [-0.2, 0) is 0 Å². The fourth-order valence-electron chi connectivity index (χ4n) is 1.69. The van der Waals surface area contributed by atoms with E-state index in [4.69, 9.17) is 0 Å². The number of nitrogens with one attached hydrogen (secondary N) is 2. The van der Waals surface area contributed by atoms with Crippen molar-refractivity contribution < 1.29 is 4.79 Å². The van der Waals surface area contributed by atoms with E-state index in [0.29, 0.717) is 11.5 Å². The van der Waals surface area contributed by atoms with Gasteiger partial charge in [0, 0.05) is 11.2 Å². The molecule has 0 aliphatic rings. The fraction of sp³-hybridized carbons (Fsp3) is 0.385. The molecule has 1 aromatic carbocycles. The van der Waals surface area contributed by atoms with E-state index in [2.05, 4.69) is 26.2 Å². The molecule has 7 heteroatoms. The van der Waals surface area contributed by atoms with Crippen molar-refractivity contribution in [3.63, 3.8) is 0 Å². The number of carbonyl (C=O) groups is 1. The first kappa shape index (κ1) is 14.0. The molecule has 1 aromatic heterocycles. The number of hydrogen-bond acceptors (Lipinski definition) is 4. The topological polar surface area (TPSA) is 84.7 Å². The zero-order valence-electron chi connectivity index (χ0n) is 12.0. The summed E-state index contributed by atoms with van der Waals surface area (Å²) in [6.07, 6.45) is 0. The predicted octanol–water partition coefficient (Wildman–Crippen LogP) is 1.89. The quantitative estimate of drug-likeness (QED) is 0.875. The third kappa shape index (κ3) is 3.53. The maximum absolute atomic E-state index is 11.8. The van der Waals surface area contributed by atoms with Gasteiger partial charge in [-0.2, -0.15) is 4.68 Å². The lowest BCUT2D eigenvalue weighted by atomic mass is 10.1. The Bertz CT molecular complexity index is 613. The highest BCUT2D eigenvalue weighted by Gasteiger charge is 2.13. The smallest absolute Gasteiger partial charge is 0.319 e. The molecule has 0 saturated carbocycles. The lowest BCUT2D eigenvalue weighted by molar-refractivity contribution is 0.244. The first-order valence-corrected chi connectivity index (χ1v) is 6.30. The van der Waals surface area contributed by atoms with Crippen LogP contribution in [0.25, 0.3) is 5.69 Å². The molecule has 1 heterocycles. The van der Waals surface area contributed by atoms with Crippen molar-refractivity contribution in [3.8, 4) is 5.69 Å². The minimum atomic E-state index is -0.284. The maximum Gasteiger partial charge on any atom is 0.319 e. The number of aromatic nitrogens is 4. The average Bonchev–Trinajstić information content (AvgIpc) is 2.73. The summed E-state index contributed by atoms with van der Waals surface area (Å²) in [6, 6.07) is 7.08. The Hall–Kier alpha value is -2.44. The molecule has 106 valence electrons. The van der Waals surface area contributed by atoms with Gasteiger partial charge in [-0.3, -0.25) is 0 Å². The second-order valence-corrected chi connectivity index (χ2v) is 5.52. The normalized spacial score (nSPS) is 11.2. The zero-order chi connectivity index (χ0) is 14.8. The minimum Gasteiger partial charge on any atom is -0.333 e. The molecule has 0 fully saturated rings. The average molecular weight is 274 g/mol. The molecule has 20 heavy (non-hydrogen) atoms. The molecule has 2 amide bonds. The molecule has 2 rings (SSSR count). The van der Waals surface area contributed by atoms with Gasteiger partial charge in [-0.1, -0.05) is 6.07 Å². The fourth-order valence-corrected chi connectivity index (χ4v) is 1.69. The molecular weight excluding hydrogens is 256 g/mol. The van der Waals surface area contributed by atoms with Gasteiger partial charge in [0.05, 0.1) is 5.69 Å². The van der Waals surface area contributed by atoms with E-state index in [-0.39, 0.29) is 11.6 Å². The van der Waals surface area contributed by atoms with Gasteiger partial charge in [0.2, 0.25) is 0 Å². The van der Waals surface area contributed by atoms with E-state index in [1.165, 1.54) is 0 Å². The van der Waals surface area contributed by atoms with Crippen molar-refractivity contribution in [1.29, 1.82) is 0 Å². The van der Waals surface area contributed by atoms with Crippen LogP contribution < -0.4 is 10.6 Å². The third-order valence-corrected chi connectivity index (χ3v) is 2.46. The lowest BCUT2D eigenvalue weighted by Gasteiger charge is -2.20. The second-order valence-electron chi connectivity index (χ2n) is 5.52. The number of urea groups is 1. The number of anilines is 1. The first-order chi connectivity index (χ1) is 9.35. The Morgan fingerprint density at radius 2 is 2.05 bits per heavy atom. The molecule has 0 bridgehead atoms. The number of nitrogens with zero attached hydrogens (tertiary/aromatic N) is 4. The van der Waals surface area contributed by atoms with Gasteiger partial charge in [-0.15, -0.1) is 5.10 Å². The number of benzene rings is 1. The van der Waals surface area contributed by atoms with E-state index < -0.39 is 0 Å². The first-order valence-electron chi connectivity index (χ1n) is 6.30. The maximum atomic E-state index is 11.8. The number of tetrazole rings is 1. The highest BCUT2D eigenvalue weighted by atomic mass is 16.2. The van der Waals surface area contributed by atoms with Gasteiger partial charge in [0.1, 0.15) is 0 Å². The van der Waals surface area contributed by atoms with Gasteiger partial charge in [0.15, 0.2) is 5.82 Å². The molecule has 0 atom stereocenters. The molecule has 7 nitrogen and oxygen atoms in total. The molecule has 0 aliphatic carbocycles. The number of amides is 2. The summed E-state index contributed by atoms with van der Waals surface area (Å²) in [5, 5.41) is 17.0. The standard InChI is InChI=1S/C13H18N6O/c1-9-16-17-18-19(9)11-7-5-6-10(8-11)14-12(20)15-13(2,3)4/h5-8H,1-4H3,(H2,14,15,20). The van der Waals surface area contributed by atoms with Gasteiger partial charge in [0.25, 0.3) is 0 Å². The van der Waals surface area contributed by atoms with Gasteiger partial charge in [-0.05, 0) is 56.3 Å². The SMILES string of the molecule is Cc1nnnn1-c1cccc(NC(=O)NC(C)(C)C)c1. The number of rotatable bonds is 2. The molecule has 0 spiro atoms. The van der Waals surface area contributed by atoms with E-state index in [0.717, 1.165) is 5.69 Å². The molecule has 2 N–H and O–H groups in total. The van der Waals surface area contributed by atoms with Crippen molar-refractivity contribution in [2.45, 2.75) is 33.2 Å². The Morgan fingerprint density at radius 1 is 1.30 bits per heavy atom. The number of hydrogen-bond donors (Lipinski definition) is 2. The predicted molar refractivity (Wildman–Crippen MR) is 75.8 cm³/mol. The summed E-state index contributed by atoms with van der Waals surface area (Å²) in [5.74, 6) is 0.682. The van der Waals surface area contributed by atoms with Crippen LogP contribution in [0.15, 0.2) is 24.3 Å². The van der Waals surface area contributed by atoms with Crippen LogP contribution in [-0.4, -0.2) is 31.8 Å². The summed E-state index contributed by atoms with van der Waals surface area (Å²) >= 11 is 0. The molecule has 0 unspecified atom stereocenters. The van der Waals surface area contributed by atoms with E-state index in [1.54, 1.807) is 4.68 Å². The highest BCUT2D eigenvalue weighted by molar-refractivity contribution is 5.89. The molecule has 2 aromatic rings. The summed E-state index contributed by atoms with van der Waals surface area (Å²) < 4.78 is 1.60. The van der Waals surface area contributed by atoms with Crippen LogP contribution in [0.1, 0.15) is 26.6 Å². The lowest BCUT2D eigenvalue weighted by Crippen LogP contribution is -2.43. The number of carbonyl (C=O) groups excluding carboxylic acids is 1. The number of aryl methyl sites for hydroxylation is 1. The van der Waals surface area contributed by atoms with E-state index in [1.807, 2.05) is 52.0 Å². The van der Waals surface area contributed by atoms with Crippen LogP contribution in [0.5, 0.6) is 0 Å². The molecule has 0 saturated heterocycles. The van der Waals surface area contributed by atoms with E-state index >= 15 is 0 Å². The zero-order valence-corrected chi connectivity index (χ0v) is 12.0.